The van der Waals surface area contributed by atoms with E-state index < -0.39 is 0 Å². The molecule has 0 bridgehead atoms. The Morgan fingerprint density at radius 2 is 2.00 bits per heavy atom. The molecule has 0 aromatic carbocycles. The van der Waals surface area contributed by atoms with Crippen LogP contribution < -0.4 is 5.32 Å². The van der Waals surface area contributed by atoms with Crippen LogP contribution in [-0.4, -0.2) is 49.8 Å². The van der Waals surface area contributed by atoms with Crippen LogP contribution in [-0.2, 0) is 4.74 Å². The first-order valence-corrected chi connectivity index (χ1v) is 7.46. The molecule has 0 aromatic heterocycles. The van der Waals surface area contributed by atoms with E-state index in [4.69, 9.17) is 4.74 Å². The second-order valence-electron chi connectivity index (χ2n) is 5.47. The fourth-order valence-electron chi connectivity index (χ4n) is 3.07. The Morgan fingerprint density at radius 3 is 2.76 bits per heavy atom. The summed E-state index contributed by atoms with van der Waals surface area (Å²) in [5.74, 6) is 0. The summed E-state index contributed by atoms with van der Waals surface area (Å²) in [5, 5.41) is 3.53. The molecule has 1 heterocycles. The Hall–Kier alpha value is -0.120. The number of hydrogen-bond donors (Lipinski definition) is 1. The van der Waals surface area contributed by atoms with Crippen LogP contribution in [0.5, 0.6) is 0 Å². The summed E-state index contributed by atoms with van der Waals surface area (Å²) in [7, 11) is 0. The molecule has 1 atom stereocenters. The van der Waals surface area contributed by atoms with Crippen molar-refractivity contribution in [2.75, 3.05) is 32.8 Å². The van der Waals surface area contributed by atoms with Crippen LogP contribution in [0.2, 0.25) is 0 Å². The molecule has 17 heavy (non-hydrogen) atoms. The van der Waals surface area contributed by atoms with E-state index in [0.29, 0.717) is 6.10 Å². The second-order valence-corrected chi connectivity index (χ2v) is 5.47. The Kier molecular flexibility index (Phi) is 5.75. The van der Waals surface area contributed by atoms with Gasteiger partial charge in [0.05, 0.1) is 12.7 Å². The van der Waals surface area contributed by atoms with Gasteiger partial charge in [0.25, 0.3) is 0 Å². The van der Waals surface area contributed by atoms with Gasteiger partial charge in [-0.15, -0.1) is 0 Å². The number of likely N-dealkylation sites (N-methyl/N-ethyl adjacent to an activating group) is 1. The van der Waals surface area contributed by atoms with Crippen molar-refractivity contribution < 1.29 is 4.74 Å². The van der Waals surface area contributed by atoms with Crippen molar-refractivity contribution in [3.63, 3.8) is 0 Å². The van der Waals surface area contributed by atoms with E-state index >= 15 is 0 Å². The van der Waals surface area contributed by atoms with Crippen LogP contribution in [0.4, 0.5) is 0 Å². The standard InChI is InChI=1S/C14H28N2O/c1-2-15-13-8-9-16(12-13)10-11-17-14-6-4-3-5-7-14/h13-15H,2-12H2,1H3. The fraction of sp³-hybridized carbons (Fsp3) is 1.00. The average Bonchev–Trinajstić information content (AvgIpc) is 2.79. The maximum absolute atomic E-state index is 5.98. The molecule has 0 aromatic rings. The third-order valence-electron chi connectivity index (χ3n) is 4.08. The van der Waals surface area contributed by atoms with E-state index in [0.717, 1.165) is 25.7 Å². The van der Waals surface area contributed by atoms with Crippen molar-refractivity contribution in [3.05, 3.63) is 0 Å². The SMILES string of the molecule is CCNC1CCN(CCOC2CCCCC2)C1. The molecule has 1 aliphatic carbocycles. The first-order valence-electron chi connectivity index (χ1n) is 7.46. The Bertz CT molecular complexity index is 204. The predicted molar refractivity (Wildman–Crippen MR) is 71.3 cm³/mol. The number of rotatable bonds is 6. The first kappa shape index (κ1) is 13.3. The van der Waals surface area contributed by atoms with Crippen LogP contribution in [0.1, 0.15) is 45.4 Å². The van der Waals surface area contributed by atoms with E-state index in [9.17, 15) is 0 Å². The summed E-state index contributed by atoms with van der Waals surface area (Å²) >= 11 is 0. The summed E-state index contributed by atoms with van der Waals surface area (Å²) in [6.45, 7) is 7.79. The minimum Gasteiger partial charge on any atom is -0.377 e. The van der Waals surface area contributed by atoms with Crippen LogP contribution in [0, 0.1) is 0 Å². The normalized spacial score (nSPS) is 27.7. The number of nitrogens with zero attached hydrogens (tertiary/aromatic N) is 1. The molecule has 100 valence electrons. The van der Waals surface area contributed by atoms with Crippen molar-refractivity contribution in [2.24, 2.45) is 0 Å². The fourth-order valence-corrected chi connectivity index (χ4v) is 3.07. The van der Waals surface area contributed by atoms with Gasteiger partial charge in [0.2, 0.25) is 0 Å². The van der Waals surface area contributed by atoms with Crippen molar-refractivity contribution >= 4 is 0 Å². The topological polar surface area (TPSA) is 24.5 Å². The smallest absolute Gasteiger partial charge is 0.0597 e. The van der Waals surface area contributed by atoms with E-state index in [2.05, 4.69) is 17.1 Å². The third-order valence-corrected chi connectivity index (χ3v) is 4.08. The molecule has 0 radical (unpaired) electrons. The van der Waals surface area contributed by atoms with Gasteiger partial charge in [-0.3, -0.25) is 4.90 Å². The molecule has 0 spiro atoms. The minimum absolute atomic E-state index is 0.566. The molecule has 2 rings (SSSR count). The van der Waals surface area contributed by atoms with E-state index in [1.807, 2.05) is 0 Å². The van der Waals surface area contributed by atoms with Crippen LogP contribution in [0.3, 0.4) is 0 Å². The molecule has 1 saturated heterocycles. The van der Waals surface area contributed by atoms with Gasteiger partial charge in [-0.25, -0.2) is 0 Å². The number of likely N-dealkylation sites (tertiary alicyclic amines) is 1. The number of nitrogens with one attached hydrogen (secondary N) is 1. The molecule has 3 heteroatoms. The molecule has 1 aliphatic heterocycles. The van der Waals surface area contributed by atoms with Crippen LogP contribution in [0.25, 0.3) is 0 Å². The molecule has 2 aliphatic rings. The zero-order valence-corrected chi connectivity index (χ0v) is 11.3. The van der Waals surface area contributed by atoms with Gasteiger partial charge in [-0.05, 0) is 32.4 Å². The largest absolute Gasteiger partial charge is 0.377 e. The van der Waals surface area contributed by atoms with Gasteiger partial charge in [-0.1, -0.05) is 26.2 Å². The summed E-state index contributed by atoms with van der Waals surface area (Å²) < 4.78 is 5.98. The monoisotopic (exact) mass is 240 g/mol. The molecular weight excluding hydrogens is 212 g/mol. The van der Waals surface area contributed by atoms with Crippen molar-refractivity contribution in [1.29, 1.82) is 0 Å². The van der Waals surface area contributed by atoms with E-state index in [1.54, 1.807) is 0 Å². The van der Waals surface area contributed by atoms with Crippen molar-refractivity contribution in [1.82, 2.24) is 10.2 Å². The highest BCUT2D eigenvalue weighted by molar-refractivity contribution is 4.80. The Morgan fingerprint density at radius 1 is 1.18 bits per heavy atom. The summed E-state index contributed by atoms with van der Waals surface area (Å²) in [5.41, 5.74) is 0. The van der Waals surface area contributed by atoms with Crippen LogP contribution >= 0.6 is 0 Å². The lowest BCUT2D eigenvalue weighted by atomic mass is 9.98. The second kappa shape index (κ2) is 7.34. The quantitative estimate of drug-likeness (QED) is 0.769. The van der Waals surface area contributed by atoms with Crippen molar-refractivity contribution in [3.8, 4) is 0 Å². The van der Waals surface area contributed by atoms with Gasteiger partial charge in [0.15, 0.2) is 0 Å². The molecule has 0 amide bonds. The zero-order valence-electron chi connectivity index (χ0n) is 11.3. The minimum atomic E-state index is 0.566. The summed E-state index contributed by atoms with van der Waals surface area (Å²) in [6, 6.07) is 0.717. The molecule has 2 fully saturated rings. The maximum Gasteiger partial charge on any atom is 0.0597 e. The number of hydrogen-bond acceptors (Lipinski definition) is 3. The molecule has 1 N–H and O–H groups in total. The molecular formula is C14H28N2O. The lowest BCUT2D eigenvalue weighted by Crippen LogP contribution is -2.34. The van der Waals surface area contributed by atoms with Gasteiger partial charge in [0.1, 0.15) is 0 Å². The molecule has 1 saturated carbocycles. The molecule has 1 unspecified atom stereocenters. The average molecular weight is 240 g/mol. The zero-order chi connectivity index (χ0) is 11.9. The van der Waals surface area contributed by atoms with E-state index in [1.165, 1.54) is 51.6 Å². The third kappa shape index (κ3) is 4.57. The van der Waals surface area contributed by atoms with Crippen molar-refractivity contribution in [2.45, 2.75) is 57.6 Å². The van der Waals surface area contributed by atoms with Gasteiger partial charge in [-0.2, -0.15) is 0 Å². The molecule has 3 nitrogen and oxygen atoms in total. The summed E-state index contributed by atoms with van der Waals surface area (Å²) in [6.07, 6.45) is 8.61. The number of ether oxygens (including phenoxy) is 1. The maximum atomic E-state index is 5.98. The van der Waals surface area contributed by atoms with E-state index in [-0.39, 0.29) is 0 Å². The van der Waals surface area contributed by atoms with Gasteiger partial charge < -0.3 is 10.1 Å². The van der Waals surface area contributed by atoms with Crippen LogP contribution in [0.15, 0.2) is 0 Å². The Balaban J connectivity index is 1.53. The lowest BCUT2D eigenvalue weighted by molar-refractivity contribution is 0.0186. The highest BCUT2D eigenvalue weighted by atomic mass is 16.5. The van der Waals surface area contributed by atoms with Gasteiger partial charge >= 0.3 is 0 Å². The highest BCUT2D eigenvalue weighted by Crippen LogP contribution is 2.20. The lowest BCUT2D eigenvalue weighted by Gasteiger charge is -2.23. The predicted octanol–water partition coefficient (Wildman–Crippen LogP) is 2.02. The summed E-state index contributed by atoms with van der Waals surface area (Å²) in [4.78, 5) is 2.54. The Labute approximate surface area is 106 Å². The van der Waals surface area contributed by atoms with Gasteiger partial charge in [0, 0.05) is 19.1 Å². The first-order chi connectivity index (χ1) is 8.38. The highest BCUT2D eigenvalue weighted by Gasteiger charge is 2.21.